The second-order valence-corrected chi connectivity index (χ2v) is 8.05. The van der Waals surface area contributed by atoms with E-state index in [1.165, 1.54) is 23.3 Å². The molecule has 2 fully saturated rings. The first-order valence-electron chi connectivity index (χ1n) is 9.84. The zero-order chi connectivity index (χ0) is 19.7. The minimum Gasteiger partial charge on any atom is -0.406 e. The molecule has 1 aliphatic heterocycles. The van der Waals surface area contributed by atoms with Crippen LogP contribution in [0.25, 0.3) is 0 Å². The number of hydrogen-bond donors (Lipinski definition) is 0. The van der Waals surface area contributed by atoms with Crippen LogP contribution < -0.4 is 4.74 Å². The van der Waals surface area contributed by atoms with Crippen molar-refractivity contribution in [2.24, 2.45) is 17.8 Å². The van der Waals surface area contributed by atoms with Crippen LogP contribution >= 0.6 is 0 Å². The summed E-state index contributed by atoms with van der Waals surface area (Å²) in [5, 5.41) is 0. The normalized spacial score (nSPS) is 24.2. The fraction of sp³-hybridized carbons (Fsp3) is 0.435. The highest BCUT2D eigenvalue weighted by Gasteiger charge is 2.54. The van der Waals surface area contributed by atoms with Gasteiger partial charge in [0.2, 0.25) is 0 Å². The van der Waals surface area contributed by atoms with Gasteiger partial charge in [0.05, 0.1) is 0 Å². The van der Waals surface area contributed by atoms with Crippen LogP contribution in [0, 0.1) is 31.1 Å². The molecule has 1 aliphatic carbocycles. The van der Waals surface area contributed by atoms with Gasteiger partial charge in [-0.25, -0.2) is 0 Å². The Morgan fingerprint density at radius 1 is 1.07 bits per heavy atom. The highest BCUT2D eigenvalue weighted by atomic mass is 19.4. The number of ether oxygens (including phenoxy) is 1. The standard InChI is InChI=1S/C23H25F3NO/c1-16-5-7-17(8-6-16)11-12-27-14-21-20(22(21)15-27)10-9-18-3-2-4-19(13-18)28-23(24,25)26/h2-9,13,20-22H,10-12,14-15H2,1H3. The van der Waals surface area contributed by atoms with Crippen molar-refractivity contribution in [1.29, 1.82) is 0 Å². The van der Waals surface area contributed by atoms with E-state index in [2.05, 4.69) is 40.8 Å². The Labute approximate surface area is 164 Å². The summed E-state index contributed by atoms with van der Waals surface area (Å²) >= 11 is 0. The molecule has 149 valence electrons. The minimum atomic E-state index is -4.64. The summed E-state index contributed by atoms with van der Waals surface area (Å²) in [7, 11) is 0. The molecule has 2 atom stereocenters. The molecule has 0 amide bonds. The van der Waals surface area contributed by atoms with Gasteiger partial charge in [0.25, 0.3) is 0 Å². The molecule has 1 saturated heterocycles. The molecule has 2 aromatic rings. The summed E-state index contributed by atoms with van der Waals surface area (Å²) in [5.74, 6) is 2.00. The summed E-state index contributed by atoms with van der Waals surface area (Å²) in [6, 6.07) is 15.0. The van der Waals surface area contributed by atoms with Crippen molar-refractivity contribution in [3.63, 3.8) is 0 Å². The lowest BCUT2D eigenvalue weighted by Gasteiger charge is -2.19. The highest BCUT2D eigenvalue weighted by molar-refractivity contribution is 5.33. The van der Waals surface area contributed by atoms with Gasteiger partial charge in [-0.05, 0) is 67.2 Å². The molecule has 0 spiro atoms. The van der Waals surface area contributed by atoms with E-state index in [0.29, 0.717) is 5.92 Å². The molecule has 28 heavy (non-hydrogen) atoms. The van der Waals surface area contributed by atoms with E-state index in [4.69, 9.17) is 0 Å². The zero-order valence-corrected chi connectivity index (χ0v) is 16.0. The van der Waals surface area contributed by atoms with Gasteiger partial charge in [-0.2, -0.15) is 0 Å². The van der Waals surface area contributed by atoms with Crippen molar-refractivity contribution in [2.45, 2.75) is 26.1 Å². The maximum absolute atomic E-state index is 12.3. The van der Waals surface area contributed by atoms with E-state index >= 15 is 0 Å². The van der Waals surface area contributed by atoms with Crippen LogP contribution in [0.1, 0.15) is 23.1 Å². The average Bonchev–Trinajstić information content (AvgIpc) is 3.09. The molecule has 1 saturated carbocycles. The Morgan fingerprint density at radius 2 is 1.79 bits per heavy atom. The fourth-order valence-electron chi connectivity index (χ4n) is 4.42. The first kappa shape index (κ1) is 19.3. The lowest BCUT2D eigenvalue weighted by Crippen LogP contribution is -2.27. The maximum Gasteiger partial charge on any atom is 0.573 e. The van der Waals surface area contributed by atoms with E-state index < -0.39 is 6.36 Å². The first-order chi connectivity index (χ1) is 13.4. The molecule has 2 aliphatic rings. The van der Waals surface area contributed by atoms with Gasteiger partial charge >= 0.3 is 6.36 Å². The van der Waals surface area contributed by atoms with E-state index in [1.807, 2.05) is 12.5 Å². The Morgan fingerprint density at radius 3 is 2.46 bits per heavy atom. The van der Waals surface area contributed by atoms with E-state index in [9.17, 15) is 13.2 Å². The molecule has 2 unspecified atom stereocenters. The largest absolute Gasteiger partial charge is 0.573 e. The number of halogens is 3. The summed E-state index contributed by atoms with van der Waals surface area (Å²) in [6.07, 6.45) is -0.587. The van der Waals surface area contributed by atoms with Crippen molar-refractivity contribution in [1.82, 2.24) is 4.90 Å². The van der Waals surface area contributed by atoms with Crippen molar-refractivity contribution >= 4 is 0 Å². The predicted octanol–water partition coefficient (Wildman–Crippen LogP) is 5.26. The van der Waals surface area contributed by atoms with Gasteiger partial charge in [0.15, 0.2) is 0 Å². The molecular weight excluding hydrogens is 363 g/mol. The molecule has 1 radical (unpaired) electrons. The number of hydrogen-bond acceptors (Lipinski definition) is 2. The number of fused-ring (bicyclic) bond motifs is 1. The van der Waals surface area contributed by atoms with Crippen LogP contribution in [0.2, 0.25) is 0 Å². The Kier molecular flexibility index (Phi) is 5.37. The zero-order valence-electron chi connectivity index (χ0n) is 16.0. The van der Waals surface area contributed by atoms with Gasteiger partial charge in [0.1, 0.15) is 5.75 Å². The van der Waals surface area contributed by atoms with E-state index in [1.54, 1.807) is 6.07 Å². The third-order valence-electron chi connectivity index (χ3n) is 6.00. The third-order valence-corrected chi connectivity index (χ3v) is 6.00. The number of rotatable bonds is 7. The van der Waals surface area contributed by atoms with Crippen LogP contribution in [0.3, 0.4) is 0 Å². The molecule has 1 heterocycles. The van der Waals surface area contributed by atoms with Gasteiger partial charge in [0, 0.05) is 19.6 Å². The lowest BCUT2D eigenvalue weighted by atomic mass is 10.0. The molecule has 0 N–H and O–H groups in total. The van der Waals surface area contributed by atoms with Crippen molar-refractivity contribution in [3.05, 3.63) is 71.6 Å². The molecular formula is C23H25F3NO. The summed E-state index contributed by atoms with van der Waals surface area (Å²) in [5.41, 5.74) is 3.47. The summed E-state index contributed by atoms with van der Waals surface area (Å²) in [6.45, 7) is 5.50. The van der Waals surface area contributed by atoms with E-state index in [-0.39, 0.29) is 5.75 Å². The monoisotopic (exact) mass is 388 g/mol. The number of nitrogens with zero attached hydrogens (tertiary/aromatic N) is 1. The minimum absolute atomic E-state index is 0.153. The van der Waals surface area contributed by atoms with Crippen molar-refractivity contribution in [3.8, 4) is 5.75 Å². The van der Waals surface area contributed by atoms with Gasteiger partial charge in [-0.15, -0.1) is 13.2 Å². The van der Waals surface area contributed by atoms with Crippen molar-refractivity contribution in [2.75, 3.05) is 19.6 Å². The average molecular weight is 388 g/mol. The number of benzene rings is 2. The second-order valence-electron chi connectivity index (χ2n) is 8.05. The van der Waals surface area contributed by atoms with Crippen LogP contribution in [0.4, 0.5) is 13.2 Å². The van der Waals surface area contributed by atoms with Crippen molar-refractivity contribution < 1.29 is 17.9 Å². The Hall–Kier alpha value is -2.01. The number of likely N-dealkylation sites (tertiary alicyclic amines) is 1. The predicted molar refractivity (Wildman–Crippen MR) is 103 cm³/mol. The number of aryl methyl sites for hydroxylation is 1. The van der Waals surface area contributed by atoms with Crippen LogP contribution in [-0.4, -0.2) is 30.9 Å². The topological polar surface area (TPSA) is 12.5 Å². The molecule has 4 rings (SSSR count). The molecule has 5 heteroatoms. The summed E-state index contributed by atoms with van der Waals surface area (Å²) in [4.78, 5) is 2.55. The molecule has 2 aromatic carbocycles. The lowest BCUT2D eigenvalue weighted by molar-refractivity contribution is -0.274. The smallest absolute Gasteiger partial charge is 0.406 e. The second kappa shape index (κ2) is 7.78. The summed E-state index contributed by atoms with van der Waals surface area (Å²) < 4.78 is 41.0. The molecule has 2 nitrogen and oxygen atoms in total. The van der Waals surface area contributed by atoms with Crippen LogP contribution in [0.15, 0.2) is 48.5 Å². The SMILES string of the molecule is Cc1ccc(CCN2CC3C(C[CH]c4cccc(OC(F)(F)F)c4)C3C2)cc1. The highest BCUT2D eigenvalue weighted by Crippen LogP contribution is 2.54. The van der Waals surface area contributed by atoms with Gasteiger partial charge < -0.3 is 9.64 Å². The van der Waals surface area contributed by atoms with Gasteiger partial charge in [-0.1, -0.05) is 42.0 Å². The third kappa shape index (κ3) is 4.88. The first-order valence-corrected chi connectivity index (χ1v) is 9.84. The number of alkyl halides is 3. The fourth-order valence-corrected chi connectivity index (χ4v) is 4.42. The number of piperidine rings is 1. The maximum atomic E-state index is 12.3. The van der Waals surface area contributed by atoms with Gasteiger partial charge in [-0.3, -0.25) is 0 Å². The quantitative estimate of drug-likeness (QED) is 0.642. The Bertz CT molecular complexity index is 790. The van der Waals surface area contributed by atoms with E-state index in [0.717, 1.165) is 49.9 Å². The molecule has 0 aromatic heterocycles. The van der Waals surface area contributed by atoms with Crippen LogP contribution in [-0.2, 0) is 6.42 Å². The van der Waals surface area contributed by atoms with Crippen LogP contribution in [0.5, 0.6) is 5.75 Å². The Balaban J connectivity index is 1.19. The molecule has 0 bridgehead atoms.